The first kappa shape index (κ1) is 24.9. The van der Waals surface area contributed by atoms with Gasteiger partial charge in [0.25, 0.3) is 14.3 Å². The molecule has 0 aliphatic heterocycles. The van der Waals surface area contributed by atoms with Crippen LogP contribution in [0.5, 0.6) is 0 Å². The molecule has 3 atom stereocenters. The molecule has 0 aliphatic rings. The van der Waals surface area contributed by atoms with Crippen LogP contribution in [0.4, 0.5) is 0 Å². The van der Waals surface area contributed by atoms with Crippen molar-refractivity contribution in [3.05, 3.63) is 0 Å². The van der Waals surface area contributed by atoms with Crippen LogP contribution in [-0.4, -0.2) is 30.2 Å². The van der Waals surface area contributed by atoms with Crippen molar-refractivity contribution in [1.82, 2.24) is 0 Å². The van der Waals surface area contributed by atoms with Crippen molar-refractivity contribution in [3.8, 4) is 0 Å². The molecule has 148 valence electrons. The zero-order valence-corrected chi connectivity index (χ0v) is 20.0. The molecule has 0 spiro atoms. The summed E-state index contributed by atoms with van der Waals surface area (Å²) in [5.41, 5.74) is 1.04. The first-order chi connectivity index (χ1) is 11.7. The number of carbonyl (C=O) groups is 1. The first-order valence-corrected chi connectivity index (χ1v) is 13.7. The molecular formula is C20H42O3Si2. The maximum Gasteiger partial charge on any atom is 0.295 e. The van der Waals surface area contributed by atoms with Crippen molar-refractivity contribution in [2.24, 2.45) is 5.92 Å². The van der Waals surface area contributed by atoms with E-state index < -0.39 is 8.32 Å². The molecule has 0 saturated heterocycles. The van der Waals surface area contributed by atoms with Crippen LogP contribution in [-0.2, 0) is 13.6 Å². The summed E-state index contributed by atoms with van der Waals surface area (Å²) in [6.45, 7) is 17.4. The van der Waals surface area contributed by atoms with Gasteiger partial charge in [0, 0.05) is 6.10 Å². The van der Waals surface area contributed by atoms with Crippen molar-refractivity contribution in [2.45, 2.75) is 117 Å². The average molecular weight is 387 g/mol. The Morgan fingerprint density at radius 1 is 0.960 bits per heavy atom. The quantitative estimate of drug-likeness (QED) is 0.257. The van der Waals surface area contributed by atoms with Gasteiger partial charge < -0.3 is 8.85 Å². The highest BCUT2D eigenvalue weighted by molar-refractivity contribution is 6.77. The van der Waals surface area contributed by atoms with Crippen LogP contribution >= 0.6 is 0 Å². The minimum atomic E-state index is -2.11. The Kier molecular flexibility index (Phi) is 13.0. The van der Waals surface area contributed by atoms with Gasteiger partial charge in [-0.05, 0) is 37.0 Å². The lowest BCUT2D eigenvalue weighted by Gasteiger charge is -2.41. The van der Waals surface area contributed by atoms with Gasteiger partial charge in [0.15, 0.2) is 0 Å². The van der Waals surface area contributed by atoms with Crippen LogP contribution in [0.15, 0.2) is 0 Å². The Morgan fingerprint density at radius 2 is 1.52 bits per heavy atom. The zero-order valence-electron chi connectivity index (χ0n) is 18.0. The summed E-state index contributed by atoms with van der Waals surface area (Å²) in [5.74, 6) is -0.0492. The average Bonchev–Trinajstić information content (AvgIpc) is 2.58. The summed E-state index contributed by atoms with van der Waals surface area (Å²) in [4.78, 5) is 12.9. The summed E-state index contributed by atoms with van der Waals surface area (Å²) < 4.78 is 12.1. The molecule has 0 bridgehead atoms. The van der Waals surface area contributed by atoms with E-state index in [1.807, 2.05) is 20.8 Å². The molecular weight excluding hydrogens is 344 g/mol. The van der Waals surface area contributed by atoms with Gasteiger partial charge in [-0.25, -0.2) is 0 Å². The van der Waals surface area contributed by atoms with Crippen molar-refractivity contribution in [2.75, 3.05) is 0 Å². The van der Waals surface area contributed by atoms with Crippen molar-refractivity contribution in [1.29, 1.82) is 0 Å². The van der Waals surface area contributed by atoms with Gasteiger partial charge >= 0.3 is 0 Å². The number of unbranched alkanes of at least 4 members (excludes halogenated alkanes) is 2. The van der Waals surface area contributed by atoms with Crippen molar-refractivity contribution < 1.29 is 13.6 Å². The molecule has 0 heterocycles. The largest absolute Gasteiger partial charge is 0.518 e. The summed E-state index contributed by atoms with van der Waals surface area (Å²) in [6.07, 6.45) is 6.06. The van der Waals surface area contributed by atoms with Gasteiger partial charge in [0.2, 0.25) is 9.76 Å². The molecule has 0 amide bonds. The lowest BCUT2D eigenvalue weighted by atomic mass is 10.2. The molecule has 0 aromatic carbocycles. The number of rotatable bonds is 14. The predicted molar refractivity (Wildman–Crippen MR) is 112 cm³/mol. The third kappa shape index (κ3) is 8.39. The second kappa shape index (κ2) is 13.1. The van der Waals surface area contributed by atoms with Crippen LogP contribution in [0.1, 0.15) is 87.5 Å². The van der Waals surface area contributed by atoms with Crippen LogP contribution in [0.3, 0.4) is 0 Å². The predicted octanol–water partition coefficient (Wildman–Crippen LogP) is 6.36. The summed E-state index contributed by atoms with van der Waals surface area (Å²) in [5, 5.41) is 0. The lowest BCUT2D eigenvalue weighted by Crippen LogP contribution is -2.48. The van der Waals surface area contributed by atoms with Gasteiger partial charge in [0.1, 0.15) is 0 Å². The highest BCUT2D eigenvalue weighted by Crippen LogP contribution is 2.42. The maximum absolute atomic E-state index is 12.9. The SMILES string of the molecule is CCCCC[Si](OC(=O)C(C)C[Si]OC(C)C)(C(C)CC)C(C)CC. The first-order valence-electron chi connectivity index (χ1n) is 10.4. The molecule has 25 heavy (non-hydrogen) atoms. The molecule has 0 saturated carbocycles. The number of carbonyl (C=O) groups excluding carboxylic acids is 1. The third-order valence-electron chi connectivity index (χ3n) is 5.47. The topological polar surface area (TPSA) is 35.5 Å². The van der Waals surface area contributed by atoms with Gasteiger partial charge in [-0.15, -0.1) is 0 Å². The van der Waals surface area contributed by atoms with E-state index >= 15 is 0 Å². The molecule has 2 radical (unpaired) electrons. The molecule has 5 heteroatoms. The Labute approximate surface area is 160 Å². The minimum Gasteiger partial charge on any atom is -0.518 e. The lowest BCUT2D eigenvalue weighted by molar-refractivity contribution is -0.139. The summed E-state index contributed by atoms with van der Waals surface area (Å²) >= 11 is 0. The molecule has 0 aromatic heterocycles. The molecule has 0 fully saturated rings. The molecule has 3 nitrogen and oxygen atoms in total. The Hall–Kier alpha value is -0.136. The number of hydrogen-bond donors (Lipinski definition) is 0. The normalized spacial score (nSPS) is 17.8. The van der Waals surface area contributed by atoms with Gasteiger partial charge in [-0.3, -0.25) is 4.79 Å². The molecule has 3 unspecified atom stereocenters. The third-order valence-corrected chi connectivity index (χ3v) is 12.8. The smallest absolute Gasteiger partial charge is 0.295 e. The van der Waals surface area contributed by atoms with Crippen molar-refractivity contribution in [3.63, 3.8) is 0 Å². The van der Waals surface area contributed by atoms with E-state index in [0.717, 1.165) is 24.9 Å². The highest BCUT2D eigenvalue weighted by atomic mass is 28.4. The van der Waals surface area contributed by atoms with Crippen LogP contribution in [0.25, 0.3) is 0 Å². The Morgan fingerprint density at radius 3 is 1.96 bits per heavy atom. The second-order valence-electron chi connectivity index (χ2n) is 7.87. The van der Waals surface area contributed by atoms with E-state index in [9.17, 15) is 4.79 Å². The van der Waals surface area contributed by atoms with E-state index in [1.54, 1.807) is 0 Å². The van der Waals surface area contributed by atoms with E-state index in [-0.39, 0.29) is 18.0 Å². The second-order valence-corrected chi connectivity index (χ2v) is 13.4. The standard InChI is InChI=1S/C20H42O3Si2/c1-9-12-13-14-25(18(7)10-2,19(8)11-3)23-20(21)17(6)15-24-22-16(4)5/h16-19H,9-15H2,1-8H3. The highest BCUT2D eigenvalue weighted by Gasteiger charge is 2.47. The van der Waals surface area contributed by atoms with Crippen LogP contribution < -0.4 is 0 Å². The maximum atomic E-state index is 12.9. The molecule has 0 rings (SSSR count). The fraction of sp³-hybridized carbons (Fsp3) is 0.950. The van der Waals surface area contributed by atoms with E-state index in [1.165, 1.54) is 19.3 Å². The van der Waals surface area contributed by atoms with Gasteiger partial charge in [-0.1, -0.05) is 73.6 Å². The molecule has 0 N–H and O–H groups in total. The van der Waals surface area contributed by atoms with E-state index in [0.29, 0.717) is 20.8 Å². The molecule has 0 aromatic rings. The van der Waals surface area contributed by atoms with Crippen LogP contribution in [0.2, 0.25) is 23.2 Å². The minimum absolute atomic E-state index is 0.0172. The van der Waals surface area contributed by atoms with Gasteiger partial charge in [0.05, 0.1) is 5.92 Å². The monoisotopic (exact) mass is 386 g/mol. The fourth-order valence-electron chi connectivity index (χ4n) is 3.28. The zero-order chi connectivity index (χ0) is 19.5. The fourth-order valence-corrected chi connectivity index (χ4v) is 9.35. The summed E-state index contributed by atoms with van der Waals surface area (Å²) in [6, 6.07) is 1.89. The summed E-state index contributed by atoms with van der Waals surface area (Å²) in [7, 11) is -1.74. The Balaban J connectivity index is 5.13. The Bertz CT molecular complexity index is 351. The molecule has 0 aliphatic carbocycles. The number of hydrogen-bond acceptors (Lipinski definition) is 3. The van der Waals surface area contributed by atoms with Gasteiger partial charge in [-0.2, -0.15) is 0 Å². The van der Waals surface area contributed by atoms with Crippen molar-refractivity contribution >= 4 is 24.0 Å². The van der Waals surface area contributed by atoms with Crippen LogP contribution in [0, 0.1) is 5.92 Å². The van der Waals surface area contributed by atoms with E-state index in [4.69, 9.17) is 8.85 Å². The van der Waals surface area contributed by atoms with E-state index in [2.05, 4.69) is 34.6 Å².